The summed E-state index contributed by atoms with van der Waals surface area (Å²) in [7, 11) is 0. The van der Waals surface area contributed by atoms with Gasteiger partial charge in [0.15, 0.2) is 0 Å². The van der Waals surface area contributed by atoms with E-state index in [0.29, 0.717) is 10.9 Å². The third-order valence-electron chi connectivity index (χ3n) is 3.84. The molecule has 1 aliphatic rings. The lowest BCUT2D eigenvalue weighted by molar-refractivity contribution is 0.0956. The molecule has 3 N–H and O–H groups in total. The van der Waals surface area contributed by atoms with Crippen molar-refractivity contribution < 1.29 is 4.79 Å². The predicted octanol–water partition coefficient (Wildman–Crippen LogP) is 2.07. The molecule has 20 heavy (non-hydrogen) atoms. The summed E-state index contributed by atoms with van der Waals surface area (Å²) in [4.78, 5) is 19.6. The largest absolute Gasteiger partial charge is 0.294 e. The third-order valence-corrected chi connectivity index (χ3v) is 4.93. The zero-order chi connectivity index (χ0) is 14.5. The maximum absolute atomic E-state index is 11.8. The third kappa shape index (κ3) is 3.56. The molecule has 0 saturated carbocycles. The van der Waals surface area contributed by atoms with Gasteiger partial charge in [-0.3, -0.25) is 15.1 Å². The number of thiazole rings is 1. The Morgan fingerprint density at radius 3 is 3.00 bits per heavy atom. The number of hydrogen-bond acceptors (Lipinski definition) is 5. The summed E-state index contributed by atoms with van der Waals surface area (Å²) >= 11 is 1.48. The molecule has 1 saturated heterocycles. The van der Waals surface area contributed by atoms with Crippen LogP contribution in [-0.4, -0.2) is 28.4 Å². The van der Waals surface area contributed by atoms with Gasteiger partial charge in [0.1, 0.15) is 9.88 Å². The van der Waals surface area contributed by atoms with Gasteiger partial charge in [0.05, 0.1) is 12.2 Å². The summed E-state index contributed by atoms with van der Waals surface area (Å²) in [6, 6.07) is 0.606. The molecule has 1 aromatic heterocycles. The van der Waals surface area contributed by atoms with E-state index < -0.39 is 0 Å². The lowest BCUT2D eigenvalue weighted by Gasteiger charge is -2.32. The fraction of sp³-hybridized carbons (Fsp3) is 0.714. The van der Waals surface area contributed by atoms with Crippen LogP contribution in [-0.2, 0) is 13.0 Å². The van der Waals surface area contributed by atoms with Crippen molar-refractivity contribution in [2.45, 2.75) is 58.5 Å². The molecule has 0 radical (unpaired) electrons. The van der Waals surface area contributed by atoms with Crippen LogP contribution >= 0.6 is 11.3 Å². The second kappa shape index (κ2) is 7.15. The van der Waals surface area contributed by atoms with Crippen molar-refractivity contribution in [3.8, 4) is 0 Å². The van der Waals surface area contributed by atoms with Crippen LogP contribution in [0.25, 0.3) is 0 Å². The highest BCUT2D eigenvalue weighted by Gasteiger charge is 2.22. The first kappa shape index (κ1) is 15.4. The second-order valence-corrected chi connectivity index (χ2v) is 6.51. The second-order valence-electron chi connectivity index (χ2n) is 5.42. The Morgan fingerprint density at radius 1 is 1.55 bits per heavy atom. The molecule has 112 valence electrons. The van der Waals surface area contributed by atoms with Gasteiger partial charge in [-0.15, -0.1) is 11.3 Å². The molecule has 1 atom stereocenters. The van der Waals surface area contributed by atoms with Crippen LogP contribution in [0.2, 0.25) is 0 Å². The van der Waals surface area contributed by atoms with E-state index in [1.54, 1.807) is 0 Å². The maximum Gasteiger partial charge on any atom is 0.277 e. The first-order chi connectivity index (χ1) is 9.65. The molecule has 1 amide bonds. The number of nitrogens with one attached hydrogen (secondary N) is 1. The Bertz CT molecular complexity index is 460. The molecule has 2 rings (SSSR count). The number of hydrazine groups is 1. The maximum atomic E-state index is 11.8. The molecule has 1 aromatic rings. The van der Waals surface area contributed by atoms with E-state index in [9.17, 15) is 4.79 Å². The van der Waals surface area contributed by atoms with Crippen LogP contribution in [0.5, 0.6) is 0 Å². The van der Waals surface area contributed by atoms with Crippen LogP contribution < -0.4 is 11.3 Å². The van der Waals surface area contributed by atoms with Crippen LogP contribution in [0.1, 0.15) is 59.9 Å². The van der Waals surface area contributed by atoms with E-state index in [1.807, 2.05) is 0 Å². The number of aryl methyl sites for hydroxylation is 1. The minimum absolute atomic E-state index is 0.219. The number of piperidine rings is 1. The normalized spacial score (nSPS) is 20.1. The van der Waals surface area contributed by atoms with Gasteiger partial charge in [-0.1, -0.05) is 19.8 Å². The smallest absolute Gasteiger partial charge is 0.277 e. The molecular formula is C14H24N4OS. The fourth-order valence-corrected chi connectivity index (χ4v) is 3.72. The lowest BCUT2D eigenvalue weighted by atomic mass is 10.0. The molecule has 5 nitrogen and oxygen atoms in total. The van der Waals surface area contributed by atoms with Gasteiger partial charge < -0.3 is 0 Å². The number of nitrogen functional groups attached to an aromatic ring is 1. The molecule has 2 heterocycles. The lowest BCUT2D eigenvalue weighted by Crippen LogP contribution is -2.36. The molecular weight excluding hydrogens is 272 g/mol. The Hall–Kier alpha value is -0.980. The summed E-state index contributed by atoms with van der Waals surface area (Å²) in [6.45, 7) is 6.34. The van der Waals surface area contributed by atoms with Crippen molar-refractivity contribution in [2.75, 3.05) is 6.54 Å². The number of carbonyl (C=O) groups is 1. The van der Waals surface area contributed by atoms with Crippen molar-refractivity contribution in [1.29, 1.82) is 0 Å². The van der Waals surface area contributed by atoms with Gasteiger partial charge in [0, 0.05) is 6.04 Å². The Kier molecular flexibility index (Phi) is 5.51. The highest BCUT2D eigenvalue weighted by molar-refractivity contribution is 7.13. The summed E-state index contributed by atoms with van der Waals surface area (Å²) in [6.07, 6.45) is 5.64. The number of amides is 1. The number of carbonyl (C=O) groups excluding carboxylic acids is 1. The molecule has 0 spiro atoms. The number of hydrogen-bond donors (Lipinski definition) is 2. The van der Waals surface area contributed by atoms with Gasteiger partial charge in [0.25, 0.3) is 5.91 Å². The van der Waals surface area contributed by atoms with E-state index in [1.165, 1.54) is 30.6 Å². The summed E-state index contributed by atoms with van der Waals surface area (Å²) < 4.78 is 0. The zero-order valence-electron chi connectivity index (χ0n) is 12.3. The van der Waals surface area contributed by atoms with Crippen LogP contribution in [0.3, 0.4) is 0 Å². The molecule has 1 unspecified atom stereocenters. The van der Waals surface area contributed by atoms with Crippen molar-refractivity contribution in [3.63, 3.8) is 0 Å². The van der Waals surface area contributed by atoms with Crippen LogP contribution in [0.15, 0.2) is 0 Å². The molecule has 0 aliphatic carbocycles. The number of nitrogens with zero attached hydrogens (tertiary/aromatic N) is 2. The number of likely N-dealkylation sites (tertiary alicyclic amines) is 1. The minimum atomic E-state index is -0.219. The molecule has 6 heteroatoms. The highest BCUT2D eigenvalue weighted by atomic mass is 32.1. The molecule has 1 aliphatic heterocycles. The number of aromatic nitrogens is 1. The first-order valence-electron chi connectivity index (χ1n) is 7.39. The quantitative estimate of drug-likeness (QED) is 0.496. The summed E-state index contributed by atoms with van der Waals surface area (Å²) in [5, 5.41) is 1.03. The minimum Gasteiger partial charge on any atom is -0.294 e. The van der Waals surface area contributed by atoms with Gasteiger partial charge in [-0.25, -0.2) is 10.8 Å². The van der Waals surface area contributed by atoms with E-state index >= 15 is 0 Å². The van der Waals surface area contributed by atoms with Crippen molar-refractivity contribution >= 4 is 17.2 Å². The van der Waals surface area contributed by atoms with Gasteiger partial charge in [-0.2, -0.15) is 0 Å². The van der Waals surface area contributed by atoms with Crippen molar-refractivity contribution in [1.82, 2.24) is 15.3 Å². The molecule has 0 aromatic carbocycles. The molecule has 1 fully saturated rings. The highest BCUT2D eigenvalue weighted by Crippen LogP contribution is 2.24. The fourth-order valence-electron chi connectivity index (χ4n) is 2.68. The predicted molar refractivity (Wildman–Crippen MR) is 81.5 cm³/mol. The Labute approximate surface area is 124 Å². The Morgan fingerprint density at radius 2 is 2.35 bits per heavy atom. The molecule has 0 bridgehead atoms. The monoisotopic (exact) mass is 296 g/mol. The first-order valence-corrected chi connectivity index (χ1v) is 8.21. The van der Waals surface area contributed by atoms with E-state index in [4.69, 9.17) is 5.84 Å². The van der Waals surface area contributed by atoms with Gasteiger partial charge in [-0.05, 0) is 32.7 Å². The van der Waals surface area contributed by atoms with E-state index in [0.717, 1.165) is 36.6 Å². The van der Waals surface area contributed by atoms with E-state index in [2.05, 4.69) is 29.2 Å². The average Bonchev–Trinajstić information content (AvgIpc) is 2.84. The van der Waals surface area contributed by atoms with Gasteiger partial charge >= 0.3 is 0 Å². The van der Waals surface area contributed by atoms with Gasteiger partial charge in [0.2, 0.25) is 0 Å². The Balaban J connectivity index is 2.13. The van der Waals surface area contributed by atoms with Crippen molar-refractivity contribution in [2.24, 2.45) is 5.84 Å². The van der Waals surface area contributed by atoms with Crippen LogP contribution in [0.4, 0.5) is 0 Å². The van der Waals surface area contributed by atoms with Crippen molar-refractivity contribution in [3.05, 3.63) is 15.6 Å². The van der Waals surface area contributed by atoms with E-state index in [-0.39, 0.29) is 5.91 Å². The average molecular weight is 296 g/mol. The number of nitrogens with two attached hydrogens (primary N) is 1. The van der Waals surface area contributed by atoms with Crippen LogP contribution in [0, 0.1) is 0 Å². The zero-order valence-corrected chi connectivity index (χ0v) is 13.1. The SMILES string of the molecule is CCCc1nc(CN2CCCCC2C)sc1C(=O)NN. The number of rotatable bonds is 5. The summed E-state index contributed by atoms with van der Waals surface area (Å²) in [5.74, 6) is 5.03. The summed E-state index contributed by atoms with van der Waals surface area (Å²) in [5.41, 5.74) is 3.11. The topological polar surface area (TPSA) is 71.2 Å². The standard InChI is InChI=1S/C14H24N4OS/c1-3-6-11-13(14(19)17-15)20-12(16-11)9-18-8-5-4-7-10(18)2/h10H,3-9,15H2,1-2H3,(H,17,19).